The Bertz CT molecular complexity index is 1120. The van der Waals surface area contributed by atoms with Gasteiger partial charge in [0, 0.05) is 11.3 Å². The van der Waals surface area contributed by atoms with E-state index in [1.165, 1.54) is 0 Å². The van der Waals surface area contributed by atoms with E-state index in [0.717, 1.165) is 16.1 Å². The number of nitrogens with one attached hydrogen (secondary N) is 1. The minimum atomic E-state index is -0.319. The molecule has 0 saturated carbocycles. The molecule has 1 N–H and O–H groups in total. The van der Waals surface area contributed by atoms with Gasteiger partial charge in [0.1, 0.15) is 0 Å². The number of thiophene rings is 1. The van der Waals surface area contributed by atoms with Gasteiger partial charge in [0.05, 0.1) is 16.8 Å². The molecule has 130 valence electrons. The van der Waals surface area contributed by atoms with Crippen LogP contribution in [0.2, 0.25) is 0 Å². The van der Waals surface area contributed by atoms with Crippen LogP contribution >= 0.6 is 11.3 Å². The summed E-state index contributed by atoms with van der Waals surface area (Å²) < 4.78 is 1.57. The van der Waals surface area contributed by atoms with Crippen LogP contribution in [0.25, 0.3) is 5.69 Å². The number of hydrogen-bond acceptors (Lipinski definition) is 4. The van der Waals surface area contributed by atoms with Crippen molar-refractivity contribution < 1.29 is 4.79 Å². The summed E-state index contributed by atoms with van der Waals surface area (Å²) in [5, 5.41) is 12.8. The molecule has 2 aromatic heterocycles. The van der Waals surface area contributed by atoms with Gasteiger partial charge in [-0.2, -0.15) is 0 Å². The molecule has 0 aliphatic carbocycles. The van der Waals surface area contributed by atoms with Crippen molar-refractivity contribution in [3.8, 4) is 17.5 Å². The Morgan fingerprint density at radius 1 is 1.00 bits per heavy atom. The molecular weight excluding hydrogens is 356 g/mol. The summed E-state index contributed by atoms with van der Waals surface area (Å²) in [4.78, 5) is 13.5. The second kappa shape index (κ2) is 7.68. The third-order valence-corrected chi connectivity index (χ3v) is 4.50. The fraction of sp³-hybridized carbons (Fsp3) is 0. The Kier molecular flexibility index (Phi) is 4.77. The van der Waals surface area contributed by atoms with Crippen LogP contribution in [-0.2, 0) is 0 Å². The number of para-hydroxylation sites is 1. The van der Waals surface area contributed by atoms with Crippen molar-refractivity contribution >= 4 is 22.9 Å². The zero-order chi connectivity index (χ0) is 18.5. The second-order valence-corrected chi connectivity index (χ2v) is 6.59. The van der Waals surface area contributed by atoms with Crippen molar-refractivity contribution in [3.05, 3.63) is 94.4 Å². The number of rotatable bonds is 3. The molecule has 0 atom stereocenters. The van der Waals surface area contributed by atoms with Crippen LogP contribution in [0.5, 0.6) is 0 Å². The van der Waals surface area contributed by atoms with E-state index in [1.54, 1.807) is 22.2 Å². The van der Waals surface area contributed by atoms with Crippen LogP contribution in [0.15, 0.2) is 78.3 Å². The summed E-state index contributed by atoms with van der Waals surface area (Å²) in [5.41, 5.74) is 2.57. The zero-order valence-corrected chi connectivity index (χ0v) is 15.0. The first-order valence-electron chi connectivity index (χ1n) is 8.23. The molecular formula is C21H14N4OS. The van der Waals surface area contributed by atoms with Crippen LogP contribution in [0, 0.1) is 11.8 Å². The summed E-state index contributed by atoms with van der Waals surface area (Å²) in [6.45, 7) is 0. The van der Waals surface area contributed by atoms with Gasteiger partial charge in [-0.05, 0) is 41.8 Å². The molecule has 0 saturated heterocycles. The van der Waals surface area contributed by atoms with Gasteiger partial charge in [0.25, 0.3) is 5.91 Å². The van der Waals surface area contributed by atoms with E-state index in [9.17, 15) is 4.79 Å². The molecule has 0 spiro atoms. The van der Waals surface area contributed by atoms with E-state index < -0.39 is 0 Å². The van der Waals surface area contributed by atoms with Gasteiger partial charge in [0.2, 0.25) is 0 Å². The smallest absolute Gasteiger partial charge is 0.277 e. The lowest BCUT2D eigenvalue weighted by atomic mass is 10.2. The standard InChI is InChI=1S/C21H14N4OS/c26-21(20-15-25(24-23-20)18-8-2-1-3-9-18)22-17-7-4-6-16(14-17)11-12-19-10-5-13-27-19/h1-10,13-15H,(H,22,26). The Hall–Kier alpha value is -3.69. The Morgan fingerprint density at radius 3 is 2.70 bits per heavy atom. The van der Waals surface area contributed by atoms with E-state index in [2.05, 4.69) is 27.5 Å². The molecule has 2 aromatic carbocycles. The van der Waals surface area contributed by atoms with Gasteiger partial charge in [0.15, 0.2) is 5.69 Å². The lowest BCUT2D eigenvalue weighted by Crippen LogP contribution is -2.12. The van der Waals surface area contributed by atoms with E-state index in [1.807, 2.05) is 72.1 Å². The molecule has 27 heavy (non-hydrogen) atoms. The van der Waals surface area contributed by atoms with Gasteiger partial charge in [-0.25, -0.2) is 4.68 Å². The first kappa shape index (κ1) is 16.8. The van der Waals surface area contributed by atoms with Gasteiger partial charge in [-0.1, -0.05) is 47.4 Å². The van der Waals surface area contributed by atoms with Gasteiger partial charge in [-0.3, -0.25) is 4.79 Å². The van der Waals surface area contributed by atoms with E-state index >= 15 is 0 Å². The number of nitrogens with zero attached hydrogens (tertiary/aromatic N) is 3. The normalized spacial score (nSPS) is 10.1. The van der Waals surface area contributed by atoms with Crippen molar-refractivity contribution in [1.82, 2.24) is 15.0 Å². The summed E-state index contributed by atoms with van der Waals surface area (Å²) in [7, 11) is 0. The highest BCUT2D eigenvalue weighted by molar-refractivity contribution is 7.10. The molecule has 1 amide bonds. The van der Waals surface area contributed by atoms with Crippen LogP contribution in [0.1, 0.15) is 20.9 Å². The van der Waals surface area contributed by atoms with Crippen molar-refractivity contribution in [1.29, 1.82) is 0 Å². The van der Waals surface area contributed by atoms with Crippen LogP contribution in [-0.4, -0.2) is 20.9 Å². The maximum atomic E-state index is 12.5. The number of carbonyl (C=O) groups is 1. The summed E-state index contributed by atoms with van der Waals surface area (Å²) in [6.07, 6.45) is 1.60. The monoisotopic (exact) mass is 370 g/mol. The fourth-order valence-corrected chi connectivity index (χ4v) is 3.00. The Balaban J connectivity index is 1.49. The lowest BCUT2D eigenvalue weighted by molar-refractivity contribution is 0.102. The first-order valence-corrected chi connectivity index (χ1v) is 9.11. The van der Waals surface area contributed by atoms with E-state index in [0.29, 0.717) is 5.69 Å². The number of hydrogen-bond donors (Lipinski definition) is 1. The topological polar surface area (TPSA) is 59.8 Å². The van der Waals surface area contributed by atoms with Crippen LogP contribution in [0.3, 0.4) is 0 Å². The molecule has 4 aromatic rings. The number of anilines is 1. The van der Waals surface area contributed by atoms with Gasteiger partial charge >= 0.3 is 0 Å². The average molecular weight is 370 g/mol. The van der Waals surface area contributed by atoms with Crippen molar-refractivity contribution in [2.45, 2.75) is 0 Å². The van der Waals surface area contributed by atoms with Crippen molar-refractivity contribution in [2.75, 3.05) is 5.32 Å². The molecule has 4 rings (SSSR count). The highest BCUT2D eigenvalue weighted by Crippen LogP contribution is 2.13. The summed E-state index contributed by atoms with van der Waals surface area (Å²) in [6, 6.07) is 20.9. The predicted molar refractivity (Wildman–Crippen MR) is 106 cm³/mol. The molecule has 0 unspecified atom stereocenters. The number of amides is 1. The SMILES string of the molecule is O=C(Nc1cccc(C#Cc2cccs2)c1)c1cn(-c2ccccc2)nn1. The second-order valence-electron chi connectivity index (χ2n) is 5.65. The molecule has 0 radical (unpaired) electrons. The fourth-order valence-electron chi connectivity index (χ4n) is 2.43. The molecule has 0 aliphatic heterocycles. The lowest BCUT2D eigenvalue weighted by Gasteiger charge is -2.03. The Labute approximate surface area is 160 Å². The molecule has 0 fully saturated rings. The molecule has 0 bridgehead atoms. The first-order chi connectivity index (χ1) is 13.3. The largest absolute Gasteiger partial charge is 0.321 e. The molecule has 6 heteroatoms. The number of benzene rings is 2. The maximum Gasteiger partial charge on any atom is 0.277 e. The third kappa shape index (κ3) is 4.11. The average Bonchev–Trinajstić information content (AvgIpc) is 3.39. The van der Waals surface area contributed by atoms with Gasteiger partial charge < -0.3 is 5.32 Å². The minimum Gasteiger partial charge on any atom is -0.321 e. The summed E-state index contributed by atoms with van der Waals surface area (Å²) in [5.74, 6) is 5.89. The van der Waals surface area contributed by atoms with Gasteiger partial charge in [-0.15, -0.1) is 16.4 Å². The highest BCUT2D eigenvalue weighted by atomic mass is 32.1. The predicted octanol–water partition coefficient (Wildman–Crippen LogP) is 3.98. The van der Waals surface area contributed by atoms with Crippen LogP contribution in [0.4, 0.5) is 5.69 Å². The summed E-state index contributed by atoms with van der Waals surface area (Å²) >= 11 is 1.59. The quantitative estimate of drug-likeness (QED) is 0.555. The maximum absolute atomic E-state index is 12.5. The van der Waals surface area contributed by atoms with E-state index in [-0.39, 0.29) is 11.6 Å². The van der Waals surface area contributed by atoms with Crippen LogP contribution < -0.4 is 5.32 Å². The van der Waals surface area contributed by atoms with Crippen molar-refractivity contribution in [3.63, 3.8) is 0 Å². The highest BCUT2D eigenvalue weighted by Gasteiger charge is 2.12. The Morgan fingerprint density at radius 2 is 1.89 bits per heavy atom. The minimum absolute atomic E-state index is 0.244. The van der Waals surface area contributed by atoms with Crippen molar-refractivity contribution in [2.24, 2.45) is 0 Å². The zero-order valence-electron chi connectivity index (χ0n) is 14.2. The molecule has 0 aliphatic rings. The molecule has 2 heterocycles. The molecule has 5 nitrogen and oxygen atoms in total. The van der Waals surface area contributed by atoms with E-state index in [4.69, 9.17) is 0 Å². The third-order valence-electron chi connectivity index (χ3n) is 3.72. The number of aromatic nitrogens is 3. The number of carbonyl (C=O) groups excluding carboxylic acids is 1.